The zero-order chi connectivity index (χ0) is 9.03. The standard InChI is InChI=1S/C5H8N2O3S2/c1-10-6-7-12(8,9)5-3-2-4-11-5/h2-4,6-7H,1H3. The minimum atomic E-state index is -3.45. The Morgan fingerprint density at radius 1 is 1.58 bits per heavy atom. The Morgan fingerprint density at radius 3 is 2.83 bits per heavy atom. The van der Waals surface area contributed by atoms with Crippen LogP contribution in [0.1, 0.15) is 0 Å². The van der Waals surface area contributed by atoms with Gasteiger partial charge in [-0.2, -0.15) is 0 Å². The number of hydrogen-bond acceptors (Lipinski definition) is 5. The lowest BCUT2D eigenvalue weighted by Crippen LogP contribution is -2.35. The van der Waals surface area contributed by atoms with Gasteiger partial charge in [0.05, 0.1) is 7.11 Å². The summed E-state index contributed by atoms with van der Waals surface area (Å²) in [6, 6.07) is 3.16. The van der Waals surface area contributed by atoms with Crippen LogP contribution >= 0.6 is 11.3 Å². The Morgan fingerprint density at radius 2 is 2.33 bits per heavy atom. The molecule has 1 aromatic rings. The van der Waals surface area contributed by atoms with E-state index in [2.05, 4.69) is 4.84 Å². The van der Waals surface area contributed by atoms with Crippen molar-refractivity contribution >= 4 is 21.4 Å². The molecule has 0 saturated carbocycles. The van der Waals surface area contributed by atoms with Gasteiger partial charge in [0.1, 0.15) is 4.21 Å². The number of hydrogen-bond donors (Lipinski definition) is 2. The minimum Gasteiger partial charge on any atom is -0.289 e. The van der Waals surface area contributed by atoms with E-state index in [9.17, 15) is 8.42 Å². The van der Waals surface area contributed by atoms with Crippen molar-refractivity contribution in [2.24, 2.45) is 0 Å². The maximum Gasteiger partial charge on any atom is 0.264 e. The van der Waals surface area contributed by atoms with Crippen molar-refractivity contribution < 1.29 is 13.3 Å². The Balaban J connectivity index is 2.74. The second kappa shape index (κ2) is 3.97. The monoisotopic (exact) mass is 208 g/mol. The summed E-state index contributed by atoms with van der Waals surface area (Å²) in [6.07, 6.45) is 0. The van der Waals surface area contributed by atoms with Gasteiger partial charge in [-0.3, -0.25) is 4.84 Å². The molecule has 0 aliphatic heterocycles. The van der Waals surface area contributed by atoms with E-state index in [1.807, 2.05) is 10.4 Å². The van der Waals surface area contributed by atoms with Gasteiger partial charge in [0.15, 0.2) is 0 Å². The molecule has 1 aromatic heterocycles. The minimum absolute atomic E-state index is 0.243. The average Bonchev–Trinajstić information content (AvgIpc) is 2.53. The second-order valence-electron chi connectivity index (χ2n) is 1.84. The van der Waals surface area contributed by atoms with Gasteiger partial charge in [-0.15, -0.1) is 21.8 Å². The van der Waals surface area contributed by atoms with Crippen LogP contribution in [0.2, 0.25) is 0 Å². The van der Waals surface area contributed by atoms with Gasteiger partial charge >= 0.3 is 0 Å². The zero-order valence-electron chi connectivity index (χ0n) is 6.27. The summed E-state index contributed by atoms with van der Waals surface area (Å²) in [5, 5.41) is 1.68. The lowest BCUT2D eigenvalue weighted by Gasteiger charge is -2.02. The second-order valence-corrected chi connectivity index (χ2v) is 4.70. The van der Waals surface area contributed by atoms with E-state index < -0.39 is 10.0 Å². The van der Waals surface area contributed by atoms with Crippen molar-refractivity contribution in [1.29, 1.82) is 0 Å². The largest absolute Gasteiger partial charge is 0.289 e. The van der Waals surface area contributed by atoms with Crippen LogP contribution in [0.15, 0.2) is 21.7 Å². The van der Waals surface area contributed by atoms with E-state index in [1.165, 1.54) is 13.2 Å². The van der Waals surface area contributed by atoms with Crippen LogP contribution in [0.25, 0.3) is 0 Å². The summed E-state index contributed by atoms with van der Waals surface area (Å²) >= 11 is 1.13. The molecule has 0 spiro atoms. The van der Waals surface area contributed by atoms with Crippen molar-refractivity contribution in [2.45, 2.75) is 4.21 Å². The topological polar surface area (TPSA) is 67.4 Å². The average molecular weight is 208 g/mol. The Kier molecular flexibility index (Phi) is 3.18. The van der Waals surface area contributed by atoms with Gasteiger partial charge in [-0.05, 0) is 11.4 Å². The summed E-state index contributed by atoms with van der Waals surface area (Å²) in [7, 11) is -2.13. The molecular weight excluding hydrogens is 200 g/mol. The Hall–Kier alpha value is -0.470. The first-order valence-corrected chi connectivity index (χ1v) is 5.36. The molecule has 2 N–H and O–H groups in total. The third-order valence-electron chi connectivity index (χ3n) is 1.04. The van der Waals surface area contributed by atoms with Gasteiger partial charge in [-0.1, -0.05) is 6.07 Å². The Labute approximate surface area is 74.3 Å². The summed E-state index contributed by atoms with van der Waals surface area (Å²) in [5.74, 6) is 0. The maximum atomic E-state index is 11.2. The molecule has 0 unspecified atom stereocenters. The predicted octanol–water partition coefficient (Wildman–Crippen LogP) is 0.0924. The van der Waals surface area contributed by atoms with Crippen LogP contribution in [0.5, 0.6) is 0 Å². The third kappa shape index (κ3) is 2.26. The smallest absolute Gasteiger partial charge is 0.264 e. The van der Waals surface area contributed by atoms with Crippen LogP contribution < -0.4 is 10.4 Å². The van der Waals surface area contributed by atoms with Crippen molar-refractivity contribution in [3.05, 3.63) is 17.5 Å². The van der Waals surface area contributed by atoms with Crippen LogP contribution in [0.4, 0.5) is 0 Å². The molecule has 5 nitrogen and oxygen atoms in total. The summed E-state index contributed by atoms with van der Waals surface area (Å²) < 4.78 is 22.7. The lowest BCUT2D eigenvalue weighted by molar-refractivity contribution is 0.0767. The molecule has 0 radical (unpaired) electrons. The molecule has 0 aromatic carbocycles. The number of thiophene rings is 1. The molecule has 0 aliphatic rings. The first kappa shape index (κ1) is 9.62. The summed E-state index contributed by atoms with van der Waals surface area (Å²) in [6.45, 7) is 0. The highest BCUT2D eigenvalue weighted by atomic mass is 32.2. The number of hydrazine groups is 1. The van der Waals surface area contributed by atoms with Crippen molar-refractivity contribution in [2.75, 3.05) is 7.11 Å². The molecular formula is C5H8N2O3S2. The molecule has 0 saturated heterocycles. The van der Waals surface area contributed by atoms with Gasteiger partial charge < -0.3 is 0 Å². The van der Waals surface area contributed by atoms with Crippen LogP contribution in [-0.2, 0) is 14.9 Å². The highest BCUT2D eigenvalue weighted by Gasteiger charge is 2.13. The number of nitrogens with one attached hydrogen (secondary N) is 2. The van der Waals surface area contributed by atoms with Crippen molar-refractivity contribution in [3.8, 4) is 0 Å². The maximum absolute atomic E-state index is 11.2. The molecule has 0 bridgehead atoms. The number of sulfonamides is 1. The predicted molar refractivity (Wildman–Crippen MR) is 44.8 cm³/mol. The van der Waals surface area contributed by atoms with Crippen molar-refractivity contribution in [3.63, 3.8) is 0 Å². The first-order chi connectivity index (χ1) is 5.67. The van der Waals surface area contributed by atoms with E-state index >= 15 is 0 Å². The third-order valence-corrected chi connectivity index (χ3v) is 3.66. The van der Waals surface area contributed by atoms with Gasteiger partial charge in [0.2, 0.25) is 0 Å². The quantitative estimate of drug-likeness (QED) is 0.688. The summed E-state index contributed by atoms with van der Waals surface area (Å²) in [5.41, 5.74) is 2.05. The lowest BCUT2D eigenvalue weighted by atomic mass is 10.7. The van der Waals surface area contributed by atoms with Gasteiger partial charge in [0, 0.05) is 0 Å². The molecule has 1 rings (SSSR count). The fraction of sp³-hybridized carbons (Fsp3) is 0.200. The normalized spacial score (nSPS) is 11.8. The fourth-order valence-corrected chi connectivity index (χ4v) is 2.36. The number of rotatable bonds is 4. The first-order valence-electron chi connectivity index (χ1n) is 3.00. The van der Waals surface area contributed by atoms with E-state index in [4.69, 9.17) is 0 Å². The molecule has 0 fully saturated rings. The molecule has 68 valence electrons. The molecule has 0 aliphatic carbocycles. The van der Waals surface area contributed by atoms with E-state index in [0.29, 0.717) is 0 Å². The van der Waals surface area contributed by atoms with Crippen LogP contribution in [-0.4, -0.2) is 15.5 Å². The highest BCUT2D eigenvalue weighted by molar-refractivity contribution is 7.91. The SMILES string of the molecule is CONNS(=O)(=O)c1cccs1. The molecule has 0 amide bonds. The van der Waals surface area contributed by atoms with E-state index in [0.717, 1.165) is 11.3 Å². The molecule has 0 atom stereocenters. The highest BCUT2D eigenvalue weighted by Crippen LogP contribution is 2.14. The van der Waals surface area contributed by atoms with Crippen molar-refractivity contribution in [1.82, 2.24) is 10.4 Å². The van der Waals surface area contributed by atoms with Gasteiger partial charge in [0.25, 0.3) is 10.0 Å². The van der Waals surface area contributed by atoms with Gasteiger partial charge in [-0.25, -0.2) is 8.42 Å². The van der Waals surface area contributed by atoms with E-state index in [1.54, 1.807) is 11.4 Å². The van der Waals surface area contributed by atoms with E-state index in [-0.39, 0.29) is 4.21 Å². The van der Waals surface area contributed by atoms with Crippen LogP contribution in [0.3, 0.4) is 0 Å². The molecule has 7 heteroatoms. The molecule has 1 heterocycles. The zero-order valence-corrected chi connectivity index (χ0v) is 7.91. The molecule has 12 heavy (non-hydrogen) atoms. The summed E-state index contributed by atoms with van der Waals surface area (Å²) in [4.78, 5) is 6.36. The van der Waals surface area contributed by atoms with Crippen LogP contribution in [0, 0.1) is 0 Å². The Bertz CT molecular complexity index is 318. The fourth-order valence-electron chi connectivity index (χ4n) is 0.563.